The summed E-state index contributed by atoms with van der Waals surface area (Å²) < 4.78 is 0. The van der Waals surface area contributed by atoms with Crippen molar-refractivity contribution in [3.8, 4) is 0 Å². The Hall–Kier alpha value is -0.950. The van der Waals surface area contributed by atoms with E-state index >= 15 is 0 Å². The van der Waals surface area contributed by atoms with Crippen molar-refractivity contribution in [1.82, 2.24) is 0 Å². The molecule has 5 aliphatic rings. The second kappa shape index (κ2) is 7.58. The Kier molecular flexibility index (Phi) is 5.61. The van der Waals surface area contributed by atoms with Crippen LogP contribution in [0.4, 0.5) is 0 Å². The molecule has 0 spiro atoms. The average Bonchev–Trinajstić information content (AvgIpc) is 2.79. The van der Waals surface area contributed by atoms with Crippen molar-refractivity contribution >= 4 is 5.97 Å². The van der Waals surface area contributed by atoms with Gasteiger partial charge < -0.3 is 25.5 Å². The molecular formula is C30H48O6. The van der Waals surface area contributed by atoms with Crippen LogP contribution in [0, 0.1) is 50.7 Å². The molecule has 0 bridgehead atoms. The van der Waals surface area contributed by atoms with Crippen LogP contribution in [0.5, 0.6) is 0 Å². The monoisotopic (exact) mass is 504 g/mol. The van der Waals surface area contributed by atoms with Crippen LogP contribution in [-0.2, 0) is 4.79 Å². The highest BCUT2D eigenvalue weighted by molar-refractivity contribution is 5.77. The second-order valence-electron chi connectivity index (χ2n) is 14.9. The minimum Gasteiger partial charge on any atom is -0.481 e. The molecule has 0 amide bonds. The van der Waals surface area contributed by atoms with E-state index in [0.717, 1.165) is 24.8 Å². The lowest BCUT2D eigenvalue weighted by atomic mass is 9.32. The van der Waals surface area contributed by atoms with Crippen LogP contribution in [0.1, 0.15) is 93.4 Å². The molecule has 0 aromatic carbocycles. The molecule has 0 aromatic rings. The van der Waals surface area contributed by atoms with Gasteiger partial charge in [-0.3, -0.25) is 4.79 Å². The lowest BCUT2D eigenvalue weighted by molar-refractivity contribution is -0.279. The topological polar surface area (TPSA) is 118 Å². The molecule has 5 N–H and O–H groups in total. The second-order valence-corrected chi connectivity index (χ2v) is 14.9. The first-order valence-corrected chi connectivity index (χ1v) is 14.1. The minimum atomic E-state index is -1.20. The third-order valence-corrected chi connectivity index (χ3v) is 13.6. The molecule has 5 aliphatic carbocycles. The van der Waals surface area contributed by atoms with Gasteiger partial charge in [0.15, 0.2) is 0 Å². The summed E-state index contributed by atoms with van der Waals surface area (Å²) in [5, 5.41) is 55.9. The number of carboxylic acid groups (broad SMARTS) is 1. The fourth-order valence-electron chi connectivity index (χ4n) is 10.9. The zero-order valence-corrected chi connectivity index (χ0v) is 23.2. The maximum absolute atomic E-state index is 12.8. The van der Waals surface area contributed by atoms with Crippen molar-refractivity contribution in [2.24, 2.45) is 50.7 Å². The minimum absolute atomic E-state index is 0.00890. The molecule has 0 radical (unpaired) electrons. The molecule has 204 valence electrons. The number of aliphatic hydroxyl groups is 4. The molecule has 0 saturated heterocycles. The molecule has 5 rings (SSSR count). The average molecular weight is 505 g/mol. The van der Waals surface area contributed by atoms with Crippen LogP contribution in [-0.4, -0.2) is 55.4 Å². The maximum Gasteiger partial charge on any atom is 0.310 e. The number of fused-ring (bicyclic) bond motifs is 7. The van der Waals surface area contributed by atoms with E-state index in [9.17, 15) is 30.3 Å². The van der Waals surface area contributed by atoms with Crippen LogP contribution < -0.4 is 0 Å². The van der Waals surface area contributed by atoms with Gasteiger partial charge in [-0.1, -0.05) is 53.2 Å². The molecule has 6 nitrogen and oxygen atoms in total. The Labute approximate surface area is 216 Å². The van der Waals surface area contributed by atoms with Gasteiger partial charge in [0.1, 0.15) is 6.10 Å². The molecule has 4 fully saturated rings. The number of carbonyl (C=O) groups is 1. The highest BCUT2D eigenvalue weighted by Gasteiger charge is 2.73. The summed E-state index contributed by atoms with van der Waals surface area (Å²) in [5.74, 6) is -1.10. The first kappa shape index (κ1) is 26.6. The van der Waals surface area contributed by atoms with Gasteiger partial charge in [0.2, 0.25) is 0 Å². The summed E-state index contributed by atoms with van der Waals surface area (Å²) in [6.45, 7) is 14.7. The van der Waals surface area contributed by atoms with Crippen LogP contribution >= 0.6 is 0 Å². The van der Waals surface area contributed by atoms with Gasteiger partial charge in [0.05, 0.1) is 23.2 Å². The summed E-state index contributed by atoms with van der Waals surface area (Å²) in [7, 11) is 0. The van der Waals surface area contributed by atoms with Crippen molar-refractivity contribution in [2.75, 3.05) is 0 Å². The number of rotatable bonds is 1. The Morgan fingerprint density at radius 2 is 1.53 bits per heavy atom. The maximum atomic E-state index is 12.8. The van der Waals surface area contributed by atoms with Gasteiger partial charge in [-0.2, -0.15) is 0 Å². The quantitative estimate of drug-likeness (QED) is 0.343. The van der Waals surface area contributed by atoms with Crippen molar-refractivity contribution < 1.29 is 30.3 Å². The van der Waals surface area contributed by atoms with E-state index in [-0.39, 0.29) is 28.6 Å². The SMILES string of the molecule is C[C@@H]1CC[C@]2(C(=O)O)CC[C@]3(C)C(=CC[C@@H]4[C@]5(C)C(CC[C@]43C)C(C)(C)[C@@H](O)[C@H](O)[C@H]5O)[C@@H]2[C@]1(C)O. The fourth-order valence-corrected chi connectivity index (χ4v) is 10.9. The number of hydrogen-bond donors (Lipinski definition) is 5. The normalized spacial score (nSPS) is 58.0. The predicted molar refractivity (Wildman–Crippen MR) is 137 cm³/mol. The van der Waals surface area contributed by atoms with Crippen LogP contribution in [0.3, 0.4) is 0 Å². The molecule has 4 saturated carbocycles. The van der Waals surface area contributed by atoms with E-state index in [1.807, 2.05) is 27.7 Å². The zero-order chi connectivity index (χ0) is 26.9. The standard InChI is InChI=1S/C30H48O6/c1-16-10-13-30(24(34)35)15-14-26(4)17(21(30)29(16,7)36)8-9-19-27(26,5)12-11-18-25(2,3)22(32)20(31)23(33)28(18,19)6/h8,16,18-23,31-33,36H,9-15H2,1-7H3,(H,34,35)/t16-,18?,19+,20+,21-,22+,23-,26-,27-,28+,29-,30+/m1/s1. The third kappa shape index (κ3) is 2.80. The van der Waals surface area contributed by atoms with Gasteiger partial charge in [-0.25, -0.2) is 0 Å². The number of carboxylic acids is 1. The summed E-state index contributed by atoms with van der Waals surface area (Å²) >= 11 is 0. The fraction of sp³-hybridized carbons (Fsp3) is 0.900. The number of allylic oxidation sites excluding steroid dienone is 1. The Morgan fingerprint density at radius 1 is 0.889 bits per heavy atom. The van der Waals surface area contributed by atoms with Gasteiger partial charge in [0.25, 0.3) is 0 Å². The smallest absolute Gasteiger partial charge is 0.310 e. The molecular weight excluding hydrogens is 456 g/mol. The van der Waals surface area contributed by atoms with Crippen LogP contribution in [0.25, 0.3) is 0 Å². The van der Waals surface area contributed by atoms with Gasteiger partial charge >= 0.3 is 5.97 Å². The van der Waals surface area contributed by atoms with Crippen LogP contribution in [0.2, 0.25) is 0 Å². The van der Waals surface area contributed by atoms with Crippen molar-refractivity contribution in [3.63, 3.8) is 0 Å². The van der Waals surface area contributed by atoms with Crippen LogP contribution in [0.15, 0.2) is 11.6 Å². The molecule has 12 atom stereocenters. The Bertz CT molecular complexity index is 986. The summed E-state index contributed by atoms with van der Waals surface area (Å²) in [6.07, 6.45) is 4.02. The highest BCUT2D eigenvalue weighted by Crippen LogP contribution is 2.76. The molecule has 6 heteroatoms. The molecule has 0 aromatic heterocycles. The van der Waals surface area contributed by atoms with E-state index in [0.29, 0.717) is 25.7 Å². The predicted octanol–water partition coefficient (Wildman–Crippen LogP) is 4.15. The van der Waals surface area contributed by atoms with E-state index < -0.39 is 52.0 Å². The third-order valence-electron chi connectivity index (χ3n) is 13.6. The molecule has 36 heavy (non-hydrogen) atoms. The summed E-state index contributed by atoms with van der Waals surface area (Å²) in [6, 6.07) is 0. The Morgan fingerprint density at radius 3 is 2.14 bits per heavy atom. The van der Waals surface area contributed by atoms with Crippen molar-refractivity contribution in [1.29, 1.82) is 0 Å². The van der Waals surface area contributed by atoms with E-state index in [2.05, 4.69) is 26.8 Å². The summed E-state index contributed by atoms with van der Waals surface area (Å²) in [4.78, 5) is 12.8. The van der Waals surface area contributed by atoms with Gasteiger partial charge in [-0.05, 0) is 85.9 Å². The molecule has 0 aliphatic heterocycles. The largest absolute Gasteiger partial charge is 0.481 e. The van der Waals surface area contributed by atoms with Gasteiger partial charge in [0, 0.05) is 11.3 Å². The number of aliphatic hydroxyl groups excluding tert-OH is 3. The molecule has 1 unspecified atom stereocenters. The zero-order valence-electron chi connectivity index (χ0n) is 23.2. The molecule has 0 heterocycles. The summed E-state index contributed by atoms with van der Waals surface area (Å²) in [5.41, 5.74) is -2.63. The van der Waals surface area contributed by atoms with E-state index in [1.54, 1.807) is 0 Å². The van der Waals surface area contributed by atoms with Crippen molar-refractivity contribution in [3.05, 3.63) is 11.6 Å². The number of aliphatic carboxylic acids is 1. The number of hydrogen-bond acceptors (Lipinski definition) is 5. The first-order valence-electron chi connectivity index (χ1n) is 14.1. The lowest BCUT2D eigenvalue weighted by Crippen LogP contribution is -2.72. The van der Waals surface area contributed by atoms with Gasteiger partial charge in [-0.15, -0.1) is 0 Å². The lowest BCUT2D eigenvalue weighted by Gasteiger charge is -2.72. The van der Waals surface area contributed by atoms with Crippen molar-refractivity contribution in [2.45, 2.75) is 117 Å². The first-order chi connectivity index (χ1) is 16.4. The van der Waals surface area contributed by atoms with E-state index in [4.69, 9.17) is 0 Å². The Balaban J connectivity index is 1.67. The highest BCUT2D eigenvalue weighted by atomic mass is 16.4. The van der Waals surface area contributed by atoms with E-state index in [1.165, 1.54) is 0 Å².